The molecule has 1 N–H and O–H groups in total. The molecule has 0 radical (unpaired) electrons. The summed E-state index contributed by atoms with van der Waals surface area (Å²) in [6.45, 7) is 0.231. The molecule has 0 aliphatic carbocycles. The van der Waals surface area contributed by atoms with E-state index in [2.05, 4.69) is 5.87 Å². The molecule has 1 aliphatic heterocycles. The maximum atomic E-state index is 12.3. The summed E-state index contributed by atoms with van der Waals surface area (Å²) in [7, 11) is -2.53. The van der Waals surface area contributed by atoms with Crippen molar-refractivity contribution in [3.8, 4) is 6.07 Å². The van der Waals surface area contributed by atoms with Gasteiger partial charge < -0.3 is 5.11 Å². The van der Waals surface area contributed by atoms with Gasteiger partial charge in [-0.1, -0.05) is 12.1 Å². The molecule has 1 fully saturated rings. The number of aliphatic carboxylic acids is 1. The van der Waals surface area contributed by atoms with Gasteiger partial charge in [0, 0.05) is 22.0 Å². The molecule has 1 heterocycles. The van der Waals surface area contributed by atoms with E-state index in [0.29, 0.717) is 17.7 Å². The van der Waals surface area contributed by atoms with E-state index < -0.39 is 21.7 Å². The van der Waals surface area contributed by atoms with E-state index in [1.165, 1.54) is 4.31 Å². The number of carboxylic acid groups (broad SMARTS) is 1. The predicted molar refractivity (Wildman–Crippen MR) is 72.9 cm³/mol. The molecule has 100 valence electrons. The van der Waals surface area contributed by atoms with Crippen LogP contribution in [0.3, 0.4) is 0 Å². The molecule has 19 heavy (non-hydrogen) atoms. The van der Waals surface area contributed by atoms with Crippen molar-refractivity contribution < 1.29 is 14.1 Å². The lowest BCUT2D eigenvalue weighted by Crippen LogP contribution is -2.37. The fourth-order valence-corrected chi connectivity index (χ4v) is 4.05. The monoisotopic (exact) mass is 278 g/mol. The number of nitriles is 1. The molecule has 1 aliphatic rings. The van der Waals surface area contributed by atoms with Gasteiger partial charge in [-0.05, 0) is 30.0 Å². The lowest BCUT2D eigenvalue weighted by Gasteiger charge is -2.23. The molecule has 0 aromatic heterocycles. The first-order valence-electron chi connectivity index (χ1n) is 5.77. The zero-order chi connectivity index (χ0) is 14.0. The Hall–Kier alpha value is -1.84. The van der Waals surface area contributed by atoms with Gasteiger partial charge in [-0.3, -0.25) is 9.00 Å². The summed E-state index contributed by atoms with van der Waals surface area (Å²) >= 11 is 0. The molecule has 0 saturated carbocycles. The van der Waals surface area contributed by atoms with E-state index in [1.54, 1.807) is 24.3 Å². The molecule has 0 amide bonds. The van der Waals surface area contributed by atoms with Crippen LogP contribution in [0.5, 0.6) is 0 Å². The Bertz CT molecular complexity index is 646. The molecule has 2 unspecified atom stereocenters. The first kappa shape index (κ1) is 13.6. The number of nitrogens with zero attached hydrogens (tertiary/aromatic N) is 2. The quantitative estimate of drug-likeness (QED) is 0.831. The summed E-state index contributed by atoms with van der Waals surface area (Å²) in [6.07, 6.45) is 0.343. The molecule has 1 aromatic rings. The molecule has 0 bridgehead atoms. The average molecular weight is 278 g/mol. The smallest absolute Gasteiger partial charge is 0.321 e. The molecular formula is C13H14N2O3S. The Labute approximate surface area is 112 Å². The summed E-state index contributed by atoms with van der Waals surface area (Å²) in [6, 6.07) is 8.11. The van der Waals surface area contributed by atoms with E-state index in [-0.39, 0.29) is 6.54 Å². The highest BCUT2D eigenvalue weighted by Crippen LogP contribution is 2.24. The van der Waals surface area contributed by atoms with Crippen molar-refractivity contribution in [3.05, 3.63) is 35.4 Å². The average Bonchev–Trinajstić information content (AvgIpc) is 2.66. The van der Waals surface area contributed by atoms with E-state index in [0.717, 1.165) is 5.56 Å². The van der Waals surface area contributed by atoms with Crippen LogP contribution in [0, 0.1) is 11.3 Å². The lowest BCUT2D eigenvalue weighted by molar-refractivity contribution is -0.141. The number of hydrogen-bond donors (Lipinski definition) is 1. The van der Waals surface area contributed by atoms with Gasteiger partial charge in [-0.2, -0.15) is 5.26 Å². The first-order chi connectivity index (χ1) is 8.94. The fraction of sp³-hybridized carbons (Fsp3) is 0.308. The summed E-state index contributed by atoms with van der Waals surface area (Å²) < 4.78 is 13.7. The SMILES string of the molecule is C=S1(=O)CCC(C(=O)O)N1Cc1cccc(C#N)c1. The number of carboxylic acids is 1. The van der Waals surface area contributed by atoms with Crippen molar-refractivity contribution in [2.24, 2.45) is 0 Å². The lowest BCUT2D eigenvalue weighted by atomic mass is 10.1. The largest absolute Gasteiger partial charge is 0.480 e. The minimum absolute atomic E-state index is 0.231. The first-order valence-corrected chi connectivity index (χ1v) is 7.63. The maximum absolute atomic E-state index is 12.3. The van der Waals surface area contributed by atoms with Crippen LogP contribution < -0.4 is 0 Å². The Kier molecular flexibility index (Phi) is 3.60. The van der Waals surface area contributed by atoms with E-state index >= 15 is 0 Å². The molecule has 2 rings (SSSR count). The van der Waals surface area contributed by atoms with Crippen LogP contribution >= 0.6 is 0 Å². The molecule has 6 heteroatoms. The number of hydrogen-bond acceptors (Lipinski definition) is 3. The maximum Gasteiger partial charge on any atom is 0.321 e. The standard InChI is InChI=1S/C13H14N2O3S/c1-19(18)6-5-12(13(16)17)15(19)9-11-4-2-3-10(7-11)8-14/h2-4,7,12H,1,5-6,9H2,(H,16,17). The number of benzene rings is 1. The zero-order valence-electron chi connectivity index (χ0n) is 10.3. The van der Waals surface area contributed by atoms with Gasteiger partial charge in [0.15, 0.2) is 0 Å². The van der Waals surface area contributed by atoms with E-state index in [4.69, 9.17) is 10.4 Å². The van der Waals surface area contributed by atoms with Gasteiger partial charge in [0.1, 0.15) is 6.04 Å². The topological polar surface area (TPSA) is 81.4 Å². The van der Waals surface area contributed by atoms with Crippen LogP contribution in [0.25, 0.3) is 0 Å². The highest BCUT2D eigenvalue weighted by Gasteiger charge is 2.37. The van der Waals surface area contributed by atoms with Crippen LogP contribution in [0.1, 0.15) is 17.5 Å². The third-order valence-electron chi connectivity index (χ3n) is 3.16. The van der Waals surface area contributed by atoms with Gasteiger partial charge in [0.2, 0.25) is 0 Å². The van der Waals surface area contributed by atoms with E-state index in [1.807, 2.05) is 6.07 Å². The Morgan fingerprint density at radius 2 is 2.37 bits per heavy atom. The normalized spacial score (nSPS) is 27.0. The van der Waals surface area contributed by atoms with Gasteiger partial charge in [0.05, 0.1) is 11.6 Å². The molecule has 1 aromatic carbocycles. The fourth-order valence-electron chi connectivity index (χ4n) is 2.18. The highest BCUT2D eigenvalue weighted by atomic mass is 32.2. The summed E-state index contributed by atoms with van der Waals surface area (Å²) in [4.78, 5) is 11.2. The molecule has 1 saturated heterocycles. The molecular weight excluding hydrogens is 264 g/mol. The summed E-state index contributed by atoms with van der Waals surface area (Å²) in [5, 5.41) is 18.0. The van der Waals surface area contributed by atoms with Crippen molar-refractivity contribution in [1.82, 2.24) is 4.31 Å². The number of rotatable bonds is 3. The minimum Gasteiger partial charge on any atom is -0.480 e. The minimum atomic E-state index is -2.53. The van der Waals surface area contributed by atoms with Crippen LogP contribution in [0.2, 0.25) is 0 Å². The Balaban J connectivity index is 2.29. The molecule has 5 nitrogen and oxygen atoms in total. The van der Waals surface area contributed by atoms with Gasteiger partial charge in [-0.25, -0.2) is 4.31 Å². The molecule has 2 atom stereocenters. The highest BCUT2D eigenvalue weighted by molar-refractivity contribution is 7.98. The predicted octanol–water partition coefficient (Wildman–Crippen LogP) is 0.849. The Morgan fingerprint density at radius 1 is 1.63 bits per heavy atom. The van der Waals surface area contributed by atoms with Gasteiger partial charge in [-0.15, -0.1) is 0 Å². The van der Waals surface area contributed by atoms with Crippen LogP contribution in [0.4, 0.5) is 0 Å². The third kappa shape index (κ3) is 2.78. The second kappa shape index (κ2) is 5.03. The summed E-state index contributed by atoms with van der Waals surface area (Å²) in [5.74, 6) is 2.96. The second-order valence-corrected chi connectivity index (χ2v) is 6.93. The van der Waals surface area contributed by atoms with Crippen molar-refractivity contribution in [2.75, 3.05) is 5.75 Å². The second-order valence-electron chi connectivity index (χ2n) is 4.51. The zero-order valence-corrected chi connectivity index (χ0v) is 11.1. The summed E-state index contributed by atoms with van der Waals surface area (Å²) in [5.41, 5.74) is 1.27. The van der Waals surface area contributed by atoms with E-state index in [9.17, 15) is 9.00 Å². The van der Waals surface area contributed by atoms with Crippen LogP contribution in [-0.4, -0.2) is 37.3 Å². The van der Waals surface area contributed by atoms with Crippen molar-refractivity contribution in [3.63, 3.8) is 0 Å². The molecule has 0 spiro atoms. The third-order valence-corrected chi connectivity index (χ3v) is 5.28. The van der Waals surface area contributed by atoms with Gasteiger partial charge >= 0.3 is 5.97 Å². The Morgan fingerprint density at radius 3 is 3.00 bits per heavy atom. The van der Waals surface area contributed by atoms with Crippen molar-refractivity contribution in [2.45, 2.75) is 19.0 Å². The van der Waals surface area contributed by atoms with Crippen LogP contribution in [0.15, 0.2) is 24.3 Å². The van der Waals surface area contributed by atoms with Crippen LogP contribution in [-0.2, 0) is 21.0 Å². The number of carbonyl (C=O) groups is 1. The van der Waals surface area contributed by atoms with Crippen molar-refractivity contribution >= 4 is 21.5 Å². The van der Waals surface area contributed by atoms with Crippen molar-refractivity contribution in [1.29, 1.82) is 5.26 Å². The van der Waals surface area contributed by atoms with Gasteiger partial charge in [0.25, 0.3) is 0 Å².